The SMILES string of the molecule is CCc1cc2c(N3CC4CCCC4C3)nc(N)nc2s1. The molecule has 5 heteroatoms. The average molecular weight is 288 g/mol. The minimum Gasteiger partial charge on any atom is -0.368 e. The number of hydrogen-bond donors (Lipinski definition) is 1. The van der Waals surface area contributed by atoms with E-state index in [4.69, 9.17) is 5.73 Å². The molecule has 2 N–H and O–H groups in total. The van der Waals surface area contributed by atoms with Crippen LogP contribution in [0.2, 0.25) is 0 Å². The summed E-state index contributed by atoms with van der Waals surface area (Å²) in [5.74, 6) is 3.21. The van der Waals surface area contributed by atoms with Crippen LogP contribution in [-0.2, 0) is 6.42 Å². The van der Waals surface area contributed by atoms with Crippen LogP contribution in [0.25, 0.3) is 10.2 Å². The maximum atomic E-state index is 5.92. The molecule has 1 saturated heterocycles. The second-order valence-electron chi connectivity index (χ2n) is 6.05. The van der Waals surface area contributed by atoms with Crippen LogP contribution >= 0.6 is 11.3 Å². The van der Waals surface area contributed by atoms with Crippen molar-refractivity contribution in [1.82, 2.24) is 9.97 Å². The van der Waals surface area contributed by atoms with E-state index < -0.39 is 0 Å². The van der Waals surface area contributed by atoms with Gasteiger partial charge in [0.05, 0.1) is 5.39 Å². The van der Waals surface area contributed by atoms with Gasteiger partial charge in [0.2, 0.25) is 5.95 Å². The number of aryl methyl sites for hydroxylation is 1. The smallest absolute Gasteiger partial charge is 0.223 e. The molecule has 4 rings (SSSR count). The molecule has 3 heterocycles. The zero-order valence-electron chi connectivity index (χ0n) is 11.8. The fourth-order valence-corrected chi connectivity index (χ4v) is 4.76. The van der Waals surface area contributed by atoms with Gasteiger partial charge in [0.25, 0.3) is 0 Å². The molecule has 1 aliphatic carbocycles. The monoisotopic (exact) mass is 288 g/mol. The van der Waals surface area contributed by atoms with Crippen LogP contribution < -0.4 is 10.6 Å². The van der Waals surface area contributed by atoms with Crippen LogP contribution in [0, 0.1) is 11.8 Å². The van der Waals surface area contributed by atoms with Crippen molar-refractivity contribution in [1.29, 1.82) is 0 Å². The van der Waals surface area contributed by atoms with Crippen molar-refractivity contribution in [3.8, 4) is 0 Å². The molecule has 2 atom stereocenters. The number of hydrogen-bond acceptors (Lipinski definition) is 5. The largest absolute Gasteiger partial charge is 0.368 e. The highest BCUT2D eigenvalue weighted by molar-refractivity contribution is 7.18. The predicted molar refractivity (Wildman–Crippen MR) is 84.2 cm³/mol. The first-order chi connectivity index (χ1) is 9.74. The number of rotatable bonds is 2. The molecule has 2 aromatic heterocycles. The van der Waals surface area contributed by atoms with E-state index in [2.05, 4.69) is 27.9 Å². The molecule has 1 aliphatic heterocycles. The molecule has 0 spiro atoms. The maximum absolute atomic E-state index is 5.92. The van der Waals surface area contributed by atoms with Crippen molar-refractivity contribution >= 4 is 33.3 Å². The lowest BCUT2D eigenvalue weighted by Crippen LogP contribution is -2.22. The first-order valence-electron chi connectivity index (χ1n) is 7.55. The highest BCUT2D eigenvalue weighted by atomic mass is 32.1. The predicted octanol–water partition coefficient (Wildman–Crippen LogP) is 3.07. The van der Waals surface area contributed by atoms with Crippen LogP contribution in [0.5, 0.6) is 0 Å². The minimum atomic E-state index is 0.411. The van der Waals surface area contributed by atoms with Gasteiger partial charge in [-0.25, -0.2) is 4.98 Å². The highest BCUT2D eigenvalue weighted by Crippen LogP contribution is 2.41. The Morgan fingerprint density at radius 3 is 2.75 bits per heavy atom. The zero-order valence-corrected chi connectivity index (χ0v) is 12.6. The quantitative estimate of drug-likeness (QED) is 0.922. The maximum Gasteiger partial charge on any atom is 0.223 e. The van der Waals surface area contributed by atoms with Crippen LogP contribution in [0.3, 0.4) is 0 Å². The lowest BCUT2D eigenvalue weighted by molar-refractivity contribution is 0.494. The molecular formula is C15H20N4S. The molecule has 2 aromatic rings. The van der Waals surface area contributed by atoms with E-state index in [9.17, 15) is 0 Å². The van der Waals surface area contributed by atoms with E-state index in [1.165, 1.54) is 29.5 Å². The van der Waals surface area contributed by atoms with Crippen LogP contribution in [0.4, 0.5) is 11.8 Å². The van der Waals surface area contributed by atoms with Gasteiger partial charge >= 0.3 is 0 Å². The normalized spacial score (nSPS) is 25.6. The summed E-state index contributed by atoms with van der Waals surface area (Å²) >= 11 is 1.75. The van der Waals surface area contributed by atoms with Gasteiger partial charge in [0.15, 0.2) is 0 Å². The fraction of sp³-hybridized carbons (Fsp3) is 0.600. The minimum absolute atomic E-state index is 0.411. The number of thiophene rings is 1. The molecule has 4 nitrogen and oxygen atoms in total. The van der Waals surface area contributed by atoms with Gasteiger partial charge in [-0.2, -0.15) is 4.98 Å². The summed E-state index contributed by atoms with van der Waals surface area (Å²) in [5, 5.41) is 1.20. The Labute approximate surface area is 123 Å². The van der Waals surface area contributed by atoms with Crippen molar-refractivity contribution in [3.05, 3.63) is 10.9 Å². The number of nitrogens with two attached hydrogens (primary N) is 1. The van der Waals surface area contributed by atoms with E-state index in [0.29, 0.717) is 5.95 Å². The molecule has 0 bridgehead atoms. The molecule has 2 aliphatic rings. The average Bonchev–Trinajstić information content (AvgIpc) is 3.09. The number of nitrogens with zero attached hydrogens (tertiary/aromatic N) is 3. The number of fused-ring (bicyclic) bond motifs is 2. The van der Waals surface area contributed by atoms with Crippen LogP contribution in [0.15, 0.2) is 6.07 Å². The summed E-state index contributed by atoms with van der Waals surface area (Å²) in [5.41, 5.74) is 5.92. The number of nitrogen functional groups attached to an aromatic ring is 1. The first-order valence-corrected chi connectivity index (χ1v) is 8.37. The van der Waals surface area contributed by atoms with E-state index in [1.54, 1.807) is 11.3 Å². The molecular weight excluding hydrogens is 268 g/mol. The Morgan fingerprint density at radius 2 is 2.05 bits per heavy atom. The van der Waals surface area contributed by atoms with Crippen LogP contribution in [0.1, 0.15) is 31.1 Å². The summed E-state index contributed by atoms with van der Waals surface area (Å²) in [4.78, 5) is 13.8. The third-order valence-corrected chi connectivity index (χ3v) is 5.99. The van der Waals surface area contributed by atoms with E-state index in [0.717, 1.165) is 42.0 Å². The summed E-state index contributed by atoms with van der Waals surface area (Å²) in [6, 6.07) is 2.25. The fourth-order valence-electron chi connectivity index (χ4n) is 3.80. The van der Waals surface area contributed by atoms with Crippen LogP contribution in [-0.4, -0.2) is 23.1 Å². The van der Waals surface area contributed by atoms with Gasteiger partial charge < -0.3 is 10.6 Å². The third-order valence-electron chi connectivity index (χ3n) is 4.82. The zero-order chi connectivity index (χ0) is 13.7. The highest BCUT2D eigenvalue weighted by Gasteiger charge is 2.37. The van der Waals surface area contributed by atoms with E-state index >= 15 is 0 Å². The van der Waals surface area contributed by atoms with Gasteiger partial charge in [0, 0.05) is 18.0 Å². The van der Waals surface area contributed by atoms with E-state index in [-0.39, 0.29) is 0 Å². The van der Waals surface area contributed by atoms with Gasteiger partial charge in [-0.05, 0) is 37.2 Å². The van der Waals surface area contributed by atoms with Crippen molar-refractivity contribution in [2.24, 2.45) is 11.8 Å². The second-order valence-corrected chi connectivity index (χ2v) is 7.16. The molecule has 0 aromatic carbocycles. The first kappa shape index (κ1) is 12.4. The molecule has 1 saturated carbocycles. The topological polar surface area (TPSA) is 55.0 Å². The Hall–Kier alpha value is -1.36. The molecule has 0 radical (unpaired) electrons. The lowest BCUT2D eigenvalue weighted by Gasteiger charge is -2.19. The Kier molecular flexibility index (Phi) is 2.84. The standard InChI is InChI=1S/C15H20N4S/c1-2-11-6-12-13(17-15(16)18-14(12)20-11)19-7-9-4-3-5-10(9)8-19/h6,9-10H,2-5,7-8H2,1H3,(H2,16,17,18). The Balaban J connectivity index is 1.77. The molecule has 106 valence electrons. The Morgan fingerprint density at radius 1 is 1.30 bits per heavy atom. The number of aromatic nitrogens is 2. The third kappa shape index (κ3) is 1.87. The summed E-state index contributed by atoms with van der Waals surface area (Å²) in [6.07, 6.45) is 5.22. The second kappa shape index (κ2) is 4.58. The lowest BCUT2D eigenvalue weighted by atomic mass is 10.0. The summed E-state index contributed by atoms with van der Waals surface area (Å²) in [6.45, 7) is 4.47. The number of anilines is 2. The van der Waals surface area contributed by atoms with Crippen molar-refractivity contribution in [3.63, 3.8) is 0 Å². The Bertz CT molecular complexity index is 639. The molecule has 20 heavy (non-hydrogen) atoms. The molecule has 2 unspecified atom stereocenters. The van der Waals surface area contributed by atoms with Crippen molar-refractivity contribution in [2.75, 3.05) is 23.7 Å². The van der Waals surface area contributed by atoms with Crippen molar-refractivity contribution < 1.29 is 0 Å². The van der Waals surface area contributed by atoms with Crippen molar-refractivity contribution in [2.45, 2.75) is 32.6 Å². The van der Waals surface area contributed by atoms with E-state index in [1.807, 2.05) is 0 Å². The summed E-state index contributed by atoms with van der Waals surface area (Å²) < 4.78 is 0. The molecule has 2 fully saturated rings. The van der Waals surface area contributed by atoms with Gasteiger partial charge in [0.1, 0.15) is 10.6 Å². The molecule has 0 amide bonds. The van der Waals surface area contributed by atoms with Gasteiger partial charge in [-0.3, -0.25) is 0 Å². The van der Waals surface area contributed by atoms with Gasteiger partial charge in [-0.1, -0.05) is 13.3 Å². The van der Waals surface area contributed by atoms with Gasteiger partial charge in [-0.15, -0.1) is 11.3 Å². The summed E-state index contributed by atoms with van der Waals surface area (Å²) in [7, 11) is 0.